The molecular weight excluding hydrogens is 246 g/mol. The first kappa shape index (κ1) is 13.6. The van der Waals surface area contributed by atoms with Gasteiger partial charge in [-0.1, -0.05) is 6.08 Å². The molecule has 19 heavy (non-hydrogen) atoms. The fraction of sp³-hybridized carbons (Fsp3) is 0.571. The highest BCUT2D eigenvalue weighted by atomic mass is 16.5. The van der Waals surface area contributed by atoms with Crippen LogP contribution in [0.2, 0.25) is 0 Å². The number of carbonyl (C=O) groups excluding carboxylic acids is 2. The standard InChI is InChI=1S/C14H19NO4/c1-9(16)14-5-6-15(2)13(17)10(14)7-11(18-3)12(8-14)19-4/h5-6,10H,7-8H2,1-4H3/t10-,14-/m0/s1. The van der Waals surface area contributed by atoms with Gasteiger partial charge >= 0.3 is 0 Å². The third-order valence-corrected chi connectivity index (χ3v) is 4.16. The first-order chi connectivity index (χ1) is 8.96. The average Bonchev–Trinajstić information content (AvgIpc) is 2.41. The van der Waals surface area contributed by atoms with Gasteiger partial charge in [0, 0.05) is 26.1 Å². The van der Waals surface area contributed by atoms with Gasteiger partial charge in [0.15, 0.2) is 0 Å². The number of fused-ring (bicyclic) bond motifs is 1. The molecule has 1 aliphatic heterocycles. The molecule has 5 heteroatoms. The molecule has 0 aromatic carbocycles. The van der Waals surface area contributed by atoms with Gasteiger partial charge in [-0.05, 0) is 6.92 Å². The Hall–Kier alpha value is -1.78. The minimum atomic E-state index is -0.795. The molecular formula is C14H19NO4. The summed E-state index contributed by atoms with van der Waals surface area (Å²) in [4.78, 5) is 26.0. The van der Waals surface area contributed by atoms with Crippen LogP contribution in [0.5, 0.6) is 0 Å². The molecule has 0 bridgehead atoms. The van der Waals surface area contributed by atoms with Crippen molar-refractivity contribution in [3.05, 3.63) is 23.8 Å². The van der Waals surface area contributed by atoms with Gasteiger partial charge in [0.1, 0.15) is 17.3 Å². The molecule has 0 saturated carbocycles. The van der Waals surface area contributed by atoms with Crippen LogP contribution >= 0.6 is 0 Å². The monoisotopic (exact) mass is 265 g/mol. The van der Waals surface area contributed by atoms with Gasteiger partial charge in [-0.15, -0.1) is 0 Å². The Morgan fingerprint density at radius 1 is 1.37 bits per heavy atom. The van der Waals surface area contributed by atoms with Crippen molar-refractivity contribution in [1.82, 2.24) is 4.90 Å². The van der Waals surface area contributed by atoms with Crippen LogP contribution in [0.3, 0.4) is 0 Å². The Kier molecular flexibility index (Phi) is 3.39. The first-order valence-corrected chi connectivity index (χ1v) is 6.23. The molecule has 104 valence electrons. The molecule has 1 aliphatic carbocycles. The molecule has 0 unspecified atom stereocenters. The van der Waals surface area contributed by atoms with Gasteiger partial charge in [0.2, 0.25) is 5.91 Å². The lowest BCUT2D eigenvalue weighted by atomic mass is 9.63. The number of nitrogens with zero attached hydrogens (tertiary/aromatic N) is 1. The number of ketones is 1. The Balaban J connectivity index is 2.52. The molecule has 0 spiro atoms. The van der Waals surface area contributed by atoms with E-state index in [-0.39, 0.29) is 11.7 Å². The van der Waals surface area contributed by atoms with E-state index in [1.54, 1.807) is 27.5 Å². The zero-order valence-electron chi connectivity index (χ0n) is 11.7. The number of methoxy groups -OCH3 is 2. The van der Waals surface area contributed by atoms with E-state index in [2.05, 4.69) is 0 Å². The molecule has 0 aromatic heterocycles. The molecule has 1 amide bonds. The summed E-state index contributed by atoms with van der Waals surface area (Å²) in [5, 5.41) is 0. The lowest BCUT2D eigenvalue weighted by Gasteiger charge is -2.43. The maximum Gasteiger partial charge on any atom is 0.231 e. The van der Waals surface area contributed by atoms with Gasteiger partial charge < -0.3 is 14.4 Å². The molecule has 1 heterocycles. The minimum absolute atomic E-state index is 0.0140. The number of carbonyl (C=O) groups is 2. The summed E-state index contributed by atoms with van der Waals surface area (Å²) in [5.74, 6) is 0.827. The van der Waals surface area contributed by atoms with Crippen LogP contribution in [0.4, 0.5) is 0 Å². The van der Waals surface area contributed by atoms with Crippen LogP contribution in [0.1, 0.15) is 19.8 Å². The van der Waals surface area contributed by atoms with Crippen molar-refractivity contribution in [3.63, 3.8) is 0 Å². The predicted octanol–water partition coefficient (Wildman–Crippen LogP) is 1.46. The van der Waals surface area contributed by atoms with Crippen LogP contribution in [-0.2, 0) is 19.1 Å². The number of hydrogen-bond acceptors (Lipinski definition) is 4. The van der Waals surface area contributed by atoms with Crippen molar-refractivity contribution in [3.8, 4) is 0 Å². The quantitative estimate of drug-likeness (QED) is 0.775. The molecule has 2 aliphatic rings. The highest BCUT2D eigenvalue weighted by Gasteiger charge is 2.52. The summed E-state index contributed by atoms with van der Waals surface area (Å²) in [5.41, 5.74) is -0.795. The summed E-state index contributed by atoms with van der Waals surface area (Å²) >= 11 is 0. The van der Waals surface area contributed by atoms with Crippen LogP contribution < -0.4 is 0 Å². The van der Waals surface area contributed by atoms with Gasteiger partial charge in [-0.3, -0.25) is 9.59 Å². The molecule has 0 N–H and O–H groups in total. The number of hydrogen-bond donors (Lipinski definition) is 0. The van der Waals surface area contributed by atoms with Crippen LogP contribution in [0, 0.1) is 11.3 Å². The third kappa shape index (κ3) is 1.93. The fourth-order valence-corrected chi connectivity index (χ4v) is 2.89. The lowest BCUT2D eigenvalue weighted by molar-refractivity contribution is -0.144. The van der Waals surface area contributed by atoms with Crippen molar-refractivity contribution >= 4 is 11.7 Å². The van der Waals surface area contributed by atoms with Crippen LogP contribution in [0.25, 0.3) is 0 Å². The summed E-state index contributed by atoms with van der Waals surface area (Å²) < 4.78 is 10.6. The van der Waals surface area contributed by atoms with Crippen LogP contribution in [0.15, 0.2) is 23.8 Å². The van der Waals surface area contributed by atoms with E-state index in [9.17, 15) is 9.59 Å². The van der Waals surface area contributed by atoms with E-state index in [0.717, 1.165) is 0 Å². The number of rotatable bonds is 3. The first-order valence-electron chi connectivity index (χ1n) is 6.23. The third-order valence-electron chi connectivity index (χ3n) is 4.16. The maximum atomic E-state index is 12.3. The fourth-order valence-electron chi connectivity index (χ4n) is 2.89. The Morgan fingerprint density at radius 3 is 2.53 bits per heavy atom. The van der Waals surface area contributed by atoms with Crippen molar-refractivity contribution < 1.29 is 19.1 Å². The molecule has 0 radical (unpaired) electrons. The molecule has 0 saturated heterocycles. The zero-order chi connectivity index (χ0) is 14.2. The Morgan fingerprint density at radius 2 is 2.00 bits per heavy atom. The molecule has 5 nitrogen and oxygen atoms in total. The van der Waals surface area contributed by atoms with E-state index in [0.29, 0.717) is 24.4 Å². The Bertz CT molecular complexity index is 480. The topological polar surface area (TPSA) is 55.8 Å². The van der Waals surface area contributed by atoms with E-state index in [1.165, 1.54) is 11.8 Å². The number of ether oxygens (including phenoxy) is 2. The van der Waals surface area contributed by atoms with Gasteiger partial charge in [0.05, 0.1) is 25.6 Å². The Labute approximate surface area is 112 Å². The number of allylic oxidation sites excluding steroid dienone is 3. The summed E-state index contributed by atoms with van der Waals surface area (Å²) in [6, 6.07) is 0. The van der Waals surface area contributed by atoms with Gasteiger partial charge in [-0.2, -0.15) is 0 Å². The van der Waals surface area contributed by atoms with E-state index in [1.807, 2.05) is 6.08 Å². The second-order valence-corrected chi connectivity index (χ2v) is 5.05. The zero-order valence-corrected chi connectivity index (χ0v) is 11.7. The van der Waals surface area contributed by atoms with Crippen molar-refractivity contribution in [2.75, 3.05) is 21.3 Å². The van der Waals surface area contributed by atoms with Crippen molar-refractivity contribution in [2.45, 2.75) is 19.8 Å². The molecule has 2 rings (SSSR count). The number of Topliss-reactive ketones (excluding diaryl/α,β-unsaturated/α-hetero) is 1. The second-order valence-electron chi connectivity index (χ2n) is 5.05. The average molecular weight is 265 g/mol. The van der Waals surface area contributed by atoms with E-state index >= 15 is 0 Å². The maximum absolute atomic E-state index is 12.3. The number of amides is 1. The predicted molar refractivity (Wildman–Crippen MR) is 68.8 cm³/mol. The summed E-state index contributed by atoms with van der Waals surface area (Å²) in [6.07, 6.45) is 4.27. The lowest BCUT2D eigenvalue weighted by Crippen LogP contribution is -2.50. The smallest absolute Gasteiger partial charge is 0.231 e. The van der Waals surface area contributed by atoms with Crippen LogP contribution in [-0.4, -0.2) is 37.9 Å². The minimum Gasteiger partial charge on any atom is -0.498 e. The highest BCUT2D eigenvalue weighted by Crippen LogP contribution is 2.48. The second kappa shape index (κ2) is 4.72. The highest BCUT2D eigenvalue weighted by molar-refractivity contribution is 5.94. The normalized spacial score (nSPS) is 30.2. The summed E-state index contributed by atoms with van der Waals surface area (Å²) in [6.45, 7) is 1.53. The van der Waals surface area contributed by atoms with Gasteiger partial charge in [0.25, 0.3) is 0 Å². The van der Waals surface area contributed by atoms with E-state index < -0.39 is 11.3 Å². The summed E-state index contributed by atoms with van der Waals surface area (Å²) in [7, 11) is 4.82. The van der Waals surface area contributed by atoms with E-state index in [4.69, 9.17) is 9.47 Å². The molecule has 0 aromatic rings. The SMILES string of the molecule is COC1=C(OC)C[C@]2(C(C)=O)C=CN(C)C(=O)[C@@H]2C1. The molecule has 0 fully saturated rings. The van der Waals surface area contributed by atoms with Crippen molar-refractivity contribution in [1.29, 1.82) is 0 Å². The van der Waals surface area contributed by atoms with Gasteiger partial charge in [-0.25, -0.2) is 0 Å². The van der Waals surface area contributed by atoms with Crippen molar-refractivity contribution in [2.24, 2.45) is 11.3 Å². The largest absolute Gasteiger partial charge is 0.498 e. The molecule has 2 atom stereocenters.